The van der Waals surface area contributed by atoms with E-state index in [0.29, 0.717) is 6.54 Å². The summed E-state index contributed by atoms with van der Waals surface area (Å²) in [6, 6.07) is 4.09. The van der Waals surface area contributed by atoms with Crippen LogP contribution < -0.4 is 5.73 Å². The highest BCUT2D eigenvalue weighted by atomic mass is 15.3. The summed E-state index contributed by atoms with van der Waals surface area (Å²) in [7, 11) is 2.19. The summed E-state index contributed by atoms with van der Waals surface area (Å²) in [5.74, 6) is 0. The minimum absolute atomic E-state index is 0.573. The van der Waals surface area contributed by atoms with E-state index in [1.54, 1.807) is 0 Å². The van der Waals surface area contributed by atoms with Crippen LogP contribution >= 0.6 is 0 Å². The Balaban J connectivity index is 1.71. The van der Waals surface area contributed by atoms with Gasteiger partial charge in [0, 0.05) is 63.6 Å². The van der Waals surface area contributed by atoms with Crippen LogP contribution in [0.15, 0.2) is 24.5 Å². The molecule has 0 saturated carbocycles. The molecule has 2 aromatic heterocycles. The molecule has 5 heteroatoms. The van der Waals surface area contributed by atoms with E-state index in [9.17, 15) is 0 Å². The molecule has 1 saturated heterocycles. The monoisotopic (exact) mass is 273 g/mol. The fraction of sp³-hybridized carbons (Fsp3) is 0.533. The standard InChI is InChI=1S/C15H23N5/c1-18-5-7-19(8-6-18)9-10-20-12-13(11-16)14-3-2-4-17-15(14)20/h2-4,12H,5-11,16H2,1H3. The van der Waals surface area contributed by atoms with Crippen LogP contribution in [0.25, 0.3) is 11.0 Å². The molecular weight excluding hydrogens is 250 g/mol. The summed E-state index contributed by atoms with van der Waals surface area (Å²) < 4.78 is 2.25. The predicted molar refractivity (Wildman–Crippen MR) is 81.6 cm³/mol. The molecular formula is C15H23N5. The van der Waals surface area contributed by atoms with Crippen molar-refractivity contribution in [1.29, 1.82) is 0 Å². The lowest BCUT2D eigenvalue weighted by Gasteiger charge is -2.32. The maximum Gasteiger partial charge on any atom is 0.140 e. The van der Waals surface area contributed by atoms with Gasteiger partial charge < -0.3 is 15.2 Å². The average Bonchev–Trinajstić information content (AvgIpc) is 2.85. The third-order valence-electron chi connectivity index (χ3n) is 4.19. The van der Waals surface area contributed by atoms with Crippen LogP contribution in [0, 0.1) is 0 Å². The second-order valence-corrected chi connectivity index (χ2v) is 5.57. The first-order valence-electron chi connectivity index (χ1n) is 7.31. The third-order valence-corrected chi connectivity index (χ3v) is 4.19. The second-order valence-electron chi connectivity index (χ2n) is 5.57. The van der Waals surface area contributed by atoms with Gasteiger partial charge >= 0.3 is 0 Å². The Morgan fingerprint density at radius 3 is 2.75 bits per heavy atom. The van der Waals surface area contributed by atoms with Crippen molar-refractivity contribution < 1.29 is 0 Å². The zero-order chi connectivity index (χ0) is 13.9. The molecule has 0 unspecified atom stereocenters. The molecule has 1 aliphatic heterocycles. The lowest BCUT2D eigenvalue weighted by Crippen LogP contribution is -2.45. The number of likely N-dealkylation sites (N-methyl/N-ethyl adjacent to an activating group) is 1. The highest BCUT2D eigenvalue weighted by molar-refractivity contribution is 5.80. The van der Waals surface area contributed by atoms with Crippen LogP contribution in [0.2, 0.25) is 0 Å². The molecule has 108 valence electrons. The lowest BCUT2D eigenvalue weighted by molar-refractivity contribution is 0.150. The van der Waals surface area contributed by atoms with Crippen molar-refractivity contribution in [3.05, 3.63) is 30.1 Å². The van der Waals surface area contributed by atoms with Gasteiger partial charge in [0.15, 0.2) is 0 Å². The molecule has 5 nitrogen and oxygen atoms in total. The van der Waals surface area contributed by atoms with Gasteiger partial charge in [0.25, 0.3) is 0 Å². The van der Waals surface area contributed by atoms with Gasteiger partial charge in [-0.1, -0.05) is 0 Å². The van der Waals surface area contributed by atoms with Crippen molar-refractivity contribution in [2.75, 3.05) is 39.8 Å². The molecule has 3 heterocycles. The zero-order valence-corrected chi connectivity index (χ0v) is 12.1. The molecule has 0 aliphatic carbocycles. The minimum Gasteiger partial charge on any atom is -0.331 e. The molecule has 0 spiro atoms. The van der Waals surface area contributed by atoms with Gasteiger partial charge in [-0.05, 0) is 24.7 Å². The summed E-state index contributed by atoms with van der Waals surface area (Å²) in [4.78, 5) is 9.42. The second kappa shape index (κ2) is 5.91. The topological polar surface area (TPSA) is 50.3 Å². The van der Waals surface area contributed by atoms with Crippen LogP contribution in [0.4, 0.5) is 0 Å². The number of rotatable bonds is 4. The van der Waals surface area contributed by atoms with Crippen LogP contribution in [-0.4, -0.2) is 59.1 Å². The molecule has 0 bridgehead atoms. The van der Waals surface area contributed by atoms with Crippen molar-refractivity contribution in [3.8, 4) is 0 Å². The van der Waals surface area contributed by atoms with Crippen LogP contribution in [-0.2, 0) is 13.1 Å². The first-order valence-corrected chi connectivity index (χ1v) is 7.31. The van der Waals surface area contributed by atoms with Crippen LogP contribution in [0.3, 0.4) is 0 Å². The number of aromatic nitrogens is 2. The minimum atomic E-state index is 0.573. The summed E-state index contributed by atoms with van der Waals surface area (Å²) in [5.41, 5.74) is 8.07. The van der Waals surface area contributed by atoms with Crippen molar-refractivity contribution >= 4 is 11.0 Å². The summed E-state index contributed by atoms with van der Waals surface area (Å²) in [6.07, 6.45) is 4.02. The lowest BCUT2D eigenvalue weighted by atomic mass is 10.2. The van der Waals surface area contributed by atoms with Gasteiger partial charge in [-0.15, -0.1) is 0 Å². The Kier molecular flexibility index (Phi) is 4.00. The molecule has 0 radical (unpaired) electrons. The Hall–Kier alpha value is -1.43. The average molecular weight is 273 g/mol. The van der Waals surface area contributed by atoms with Gasteiger partial charge in [-0.3, -0.25) is 4.90 Å². The van der Waals surface area contributed by atoms with Gasteiger partial charge in [0.1, 0.15) is 5.65 Å². The molecule has 0 amide bonds. The number of nitrogens with two attached hydrogens (primary N) is 1. The largest absolute Gasteiger partial charge is 0.331 e. The van der Waals surface area contributed by atoms with E-state index in [4.69, 9.17) is 5.73 Å². The maximum absolute atomic E-state index is 5.83. The third kappa shape index (κ3) is 2.70. The molecule has 20 heavy (non-hydrogen) atoms. The van der Waals surface area contributed by atoms with E-state index < -0.39 is 0 Å². The van der Waals surface area contributed by atoms with Gasteiger partial charge in [0.05, 0.1) is 0 Å². The van der Waals surface area contributed by atoms with Crippen LogP contribution in [0.1, 0.15) is 5.56 Å². The number of hydrogen-bond acceptors (Lipinski definition) is 4. The van der Waals surface area contributed by atoms with Crippen molar-refractivity contribution in [3.63, 3.8) is 0 Å². The highest BCUT2D eigenvalue weighted by Crippen LogP contribution is 2.18. The van der Waals surface area contributed by atoms with Crippen molar-refractivity contribution in [1.82, 2.24) is 19.4 Å². The number of hydrogen-bond donors (Lipinski definition) is 1. The van der Waals surface area contributed by atoms with E-state index in [2.05, 4.69) is 38.7 Å². The SMILES string of the molecule is CN1CCN(CCn2cc(CN)c3cccnc32)CC1. The number of fused-ring (bicyclic) bond motifs is 1. The normalized spacial score (nSPS) is 17.9. The summed E-state index contributed by atoms with van der Waals surface area (Å²) in [5, 5.41) is 1.19. The summed E-state index contributed by atoms with van der Waals surface area (Å²) >= 11 is 0. The Bertz CT molecular complexity index is 569. The Morgan fingerprint density at radius 2 is 2.00 bits per heavy atom. The number of piperazine rings is 1. The molecule has 1 fully saturated rings. The van der Waals surface area contributed by atoms with Gasteiger partial charge in [0.2, 0.25) is 0 Å². The van der Waals surface area contributed by atoms with Crippen molar-refractivity contribution in [2.24, 2.45) is 5.73 Å². The van der Waals surface area contributed by atoms with E-state index >= 15 is 0 Å². The smallest absolute Gasteiger partial charge is 0.140 e. The molecule has 3 rings (SSSR count). The van der Waals surface area contributed by atoms with E-state index in [0.717, 1.165) is 31.8 Å². The Labute approximate surface area is 120 Å². The van der Waals surface area contributed by atoms with E-state index in [1.165, 1.54) is 24.0 Å². The predicted octanol–water partition coefficient (Wildman–Crippen LogP) is 0.742. The quantitative estimate of drug-likeness (QED) is 0.893. The molecule has 0 atom stereocenters. The van der Waals surface area contributed by atoms with Gasteiger partial charge in [-0.2, -0.15) is 0 Å². The van der Waals surface area contributed by atoms with Crippen molar-refractivity contribution in [2.45, 2.75) is 13.1 Å². The fourth-order valence-corrected chi connectivity index (χ4v) is 2.85. The number of pyridine rings is 1. The highest BCUT2D eigenvalue weighted by Gasteiger charge is 2.14. The number of nitrogens with zero attached hydrogens (tertiary/aromatic N) is 4. The first kappa shape index (κ1) is 13.5. The Morgan fingerprint density at radius 1 is 1.20 bits per heavy atom. The maximum atomic E-state index is 5.83. The van der Waals surface area contributed by atoms with Gasteiger partial charge in [-0.25, -0.2) is 4.98 Å². The zero-order valence-electron chi connectivity index (χ0n) is 12.1. The summed E-state index contributed by atoms with van der Waals surface area (Å²) in [6.45, 7) is 7.29. The first-order chi connectivity index (χ1) is 9.78. The molecule has 2 N–H and O–H groups in total. The van der Waals surface area contributed by atoms with Crippen LogP contribution in [0.5, 0.6) is 0 Å². The van der Waals surface area contributed by atoms with E-state index in [1.807, 2.05) is 12.3 Å². The van der Waals surface area contributed by atoms with E-state index in [-0.39, 0.29) is 0 Å². The molecule has 1 aliphatic rings. The fourth-order valence-electron chi connectivity index (χ4n) is 2.85. The molecule has 0 aromatic carbocycles. The molecule has 2 aromatic rings.